The molecule has 1 aliphatic heterocycles. The van der Waals surface area contributed by atoms with Crippen molar-refractivity contribution in [1.29, 1.82) is 0 Å². The van der Waals surface area contributed by atoms with Gasteiger partial charge in [0.15, 0.2) is 5.65 Å². The van der Waals surface area contributed by atoms with Gasteiger partial charge in [0.1, 0.15) is 5.52 Å². The molecule has 2 aromatic heterocycles. The van der Waals surface area contributed by atoms with Crippen molar-refractivity contribution in [2.75, 3.05) is 13.2 Å². The third-order valence-electron chi connectivity index (χ3n) is 4.06. The number of aliphatic hydroxyl groups is 1. The third-order valence-corrected chi connectivity index (χ3v) is 4.06. The molecule has 1 aliphatic rings. The molecule has 0 unspecified atom stereocenters. The maximum Gasteiger partial charge on any atom is 0.253 e. The van der Waals surface area contributed by atoms with E-state index in [-0.39, 0.29) is 49.4 Å². The standard InChI is InChI=1S/C16H23N5O2.2ClH/c1-10(2)7-21-9-19-14-3-11(5-18-15(14)21)16(23)20-12-4-13(8-22)17-6-12;;/h3,5,9-10,12-13,17,22H,4,6-8H2,1-2H3,(H,20,23);2*1H/t12-,13+;;/m1../s1. The van der Waals surface area contributed by atoms with Crippen molar-refractivity contribution in [2.45, 2.75) is 38.9 Å². The number of carbonyl (C=O) groups is 1. The number of halogens is 2. The summed E-state index contributed by atoms with van der Waals surface area (Å²) in [5.74, 6) is 0.356. The number of hydrogen-bond donors (Lipinski definition) is 3. The maximum absolute atomic E-state index is 12.3. The Balaban J connectivity index is 0.00000156. The number of carbonyl (C=O) groups excluding carboxylic acids is 1. The number of pyridine rings is 1. The summed E-state index contributed by atoms with van der Waals surface area (Å²) in [6, 6.07) is 1.88. The van der Waals surface area contributed by atoms with Crippen LogP contribution in [0.25, 0.3) is 11.2 Å². The Morgan fingerprint density at radius 2 is 2.20 bits per heavy atom. The predicted molar refractivity (Wildman–Crippen MR) is 102 cm³/mol. The van der Waals surface area contributed by atoms with Gasteiger partial charge in [-0.1, -0.05) is 13.8 Å². The maximum atomic E-state index is 12.3. The summed E-state index contributed by atoms with van der Waals surface area (Å²) in [6.07, 6.45) is 4.11. The molecule has 0 bridgehead atoms. The Labute approximate surface area is 159 Å². The predicted octanol–water partition coefficient (Wildman–Crippen LogP) is 1.38. The van der Waals surface area contributed by atoms with Crippen LogP contribution in [0.2, 0.25) is 0 Å². The summed E-state index contributed by atoms with van der Waals surface area (Å²) in [5.41, 5.74) is 2.05. The average molecular weight is 390 g/mol. The van der Waals surface area contributed by atoms with Gasteiger partial charge in [0, 0.05) is 31.4 Å². The molecule has 25 heavy (non-hydrogen) atoms. The van der Waals surface area contributed by atoms with E-state index >= 15 is 0 Å². The first-order valence-corrected chi connectivity index (χ1v) is 8.02. The molecule has 3 N–H and O–H groups in total. The van der Waals surface area contributed by atoms with Gasteiger partial charge < -0.3 is 20.3 Å². The average Bonchev–Trinajstić information content (AvgIpc) is 3.13. The minimum atomic E-state index is -0.150. The highest BCUT2D eigenvalue weighted by Crippen LogP contribution is 2.14. The SMILES string of the molecule is CC(C)Cn1cnc2cc(C(=O)N[C@H]3CN[C@H](CO)C3)cnc21.Cl.Cl. The normalized spacial score (nSPS) is 19.5. The Morgan fingerprint density at radius 3 is 2.84 bits per heavy atom. The zero-order valence-corrected chi connectivity index (χ0v) is 15.9. The first kappa shape index (κ1) is 21.6. The minimum Gasteiger partial charge on any atom is -0.395 e. The molecule has 3 rings (SSSR count). The molecule has 3 heterocycles. The fourth-order valence-electron chi connectivity index (χ4n) is 2.94. The van der Waals surface area contributed by atoms with Crippen LogP contribution in [0.1, 0.15) is 30.6 Å². The lowest BCUT2D eigenvalue weighted by Crippen LogP contribution is -2.36. The lowest BCUT2D eigenvalue weighted by molar-refractivity contribution is 0.0939. The molecule has 9 heteroatoms. The smallest absolute Gasteiger partial charge is 0.253 e. The summed E-state index contributed by atoms with van der Waals surface area (Å²) >= 11 is 0. The van der Waals surface area contributed by atoms with Crippen LogP contribution >= 0.6 is 24.8 Å². The van der Waals surface area contributed by atoms with E-state index in [0.29, 0.717) is 18.0 Å². The molecule has 0 aliphatic carbocycles. The number of fused-ring (bicyclic) bond motifs is 1. The Kier molecular flexibility index (Phi) is 8.08. The molecule has 2 atom stereocenters. The fourth-order valence-corrected chi connectivity index (χ4v) is 2.94. The lowest BCUT2D eigenvalue weighted by atomic mass is 10.1. The van der Waals surface area contributed by atoms with E-state index in [4.69, 9.17) is 5.11 Å². The molecule has 0 aromatic carbocycles. The van der Waals surface area contributed by atoms with Crippen molar-refractivity contribution in [1.82, 2.24) is 25.2 Å². The van der Waals surface area contributed by atoms with E-state index in [9.17, 15) is 4.79 Å². The number of nitrogens with one attached hydrogen (secondary N) is 2. The zero-order valence-electron chi connectivity index (χ0n) is 14.3. The zero-order chi connectivity index (χ0) is 16.4. The molecule has 0 spiro atoms. The summed E-state index contributed by atoms with van der Waals surface area (Å²) in [6.45, 7) is 5.90. The van der Waals surface area contributed by atoms with E-state index < -0.39 is 0 Å². The number of rotatable bonds is 5. The molecule has 0 radical (unpaired) electrons. The number of hydrogen-bond acceptors (Lipinski definition) is 5. The second kappa shape index (κ2) is 9.33. The Hall–Kier alpha value is -1.41. The van der Waals surface area contributed by atoms with Crippen LogP contribution in [-0.2, 0) is 6.54 Å². The summed E-state index contributed by atoms with van der Waals surface area (Å²) in [7, 11) is 0. The number of aromatic nitrogens is 3. The van der Waals surface area contributed by atoms with E-state index in [1.165, 1.54) is 0 Å². The molecular weight excluding hydrogens is 365 g/mol. The van der Waals surface area contributed by atoms with Crippen LogP contribution < -0.4 is 10.6 Å². The van der Waals surface area contributed by atoms with Crippen molar-refractivity contribution >= 4 is 41.9 Å². The summed E-state index contributed by atoms with van der Waals surface area (Å²) < 4.78 is 2.01. The van der Waals surface area contributed by atoms with E-state index in [0.717, 1.165) is 24.1 Å². The van der Waals surface area contributed by atoms with E-state index in [1.807, 2.05) is 4.57 Å². The Bertz CT molecular complexity index is 707. The van der Waals surface area contributed by atoms with Crippen molar-refractivity contribution < 1.29 is 9.90 Å². The molecule has 140 valence electrons. The highest BCUT2D eigenvalue weighted by Gasteiger charge is 2.25. The third kappa shape index (κ3) is 5.04. The molecular formula is C16H25Cl2N5O2. The molecule has 2 aromatic rings. The van der Waals surface area contributed by atoms with E-state index in [1.54, 1.807) is 18.6 Å². The van der Waals surface area contributed by atoms with Gasteiger partial charge >= 0.3 is 0 Å². The molecule has 1 amide bonds. The van der Waals surface area contributed by atoms with Crippen molar-refractivity contribution in [3.63, 3.8) is 0 Å². The molecule has 0 saturated carbocycles. The Morgan fingerprint density at radius 1 is 1.44 bits per heavy atom. The second-order valence-electron chi connectivity index (χ2n) is 6.55. The topological polar surface area (TPSA) is 92.1 Å². The molecule has 7 nitrogen and oxygen atoms in total. The monoisotopic (exact) mass is 389 g/mol. The van der Waals surface area contributed by atoms with Crippen LogP contribution in [0.3, 0.4) is 0 Å². The van der Waals surface area contributed by atoms with Gasteiger partial charge in [-0.25, -0.2) is 9.97 Å². The fraction of sp³-hybridized carbons (Fsp3) is 0.562. The van der Waals surface area contributed by atoms with Gasteiger partial charge in [0.05, 0.1) is 18.5 Å². The van der Waals surface area contributed by atoms with Gasteiger partial charge in [-0.15, -0.1) is 24.8 Å². The van der Waals surface area contributed by atoms with Crippen LogP contribution in [0, 0.1) is 5.92 Å². The summed E-state index contributed by atoms with van der Waals surface area (Å²) in [5, 5.41) is 15.3. The minimum absolute atomic E-state index is 0. The number of imidazole rings is 1. The van der Waals surface area contributed by atoms with Crippen molar-refractivity contribution in [3.05, 3.63) is 24.2 Å². The van der Waals surface area contributed by atoms with E-state index in [2.05, 4.69) is 34.4 Å². The van der Waals surface area contributed by atoms with Crippen LogP contribution in [0.5, 0.6) is 0 Å². The van der Waals surface area contributed by atoms with Crippen LogP contribution in [-0.4, -0.2) is 50.8 Å². The van der Waals surface area contributed by atoms with Gasteiger partial charge in [-0.3, -0.25) is 4.79 Å². The highest BCUT2D eigenvalue weighted by atomic mass is 35.5. The van der Waals surface area contributed by atoms with Gasteiger partial charge in [0.25, 0.3) is 5.91 Å². The molecule has 1 saturated heterocycles. The second-order valence-corrected chi connectivity index (χ2v) is 6.55. The van der Waals surface area contributed by atoms with Gasteiger partial charge in [-0.05, 0) is 18.4 Å². The lowest BCUT2D eigenvalue weighted by Gasteiger charge is -2.12. The van der Waals surface area contributed by atoms with Gasteiger partial charge in [-0.2, -0.15) is 0 Å². The highest BCUT2D eigenvalue weighted by molar-refractivity contribution is 5.96. The summed E-state index contributed by atoms with van der Waals surface area (Å²) in [4.78, 5) is 21.1. The largest absolute Gasteiger partial charge is 0.395 e. The molecule has 1 fully saturated rings. The van der Waals surface area contributed by atoms with Crippen molar-refractivity contribution in [2.24, 2.45) is 5.92 Å². The first-order valence-electron chi connectivity index (χ1n) is 8.02. The number of aliphatic hydroxyl groups excluding tert-OH is 1. The quantitative estimate of drug-likeness (QED) is 0.718. The number of nitrogens with zero attached hydrogens (tertiary/aromatic N) is 3. The van der Waals surface area contributed by atoms with Crippen molar-refractivity contribution in [3.8, 4) is 0 Å². The number of amides is 1. The van der Waals surface area contributed by atoms with Crippen LogP contribution in [0.4, 0.5) is 0 Å². The van der Waals surface area contributed by atoms with Gasteiger partial charge in [0.2, 0.25) is 0 Å². The first-order chi connectivity index (χ1) is 11.1. The van der Waals surface area contributed by atoms with Crippen LogP contribution in [0.15, 0.2) is 18.6 Å².